The predicted molar refractivity (Wildman–Crippen MR) is 43.8 cm³/mol. The van der Waals surface area contributed by atoms with E-state index in [4.69, 9.17) is 25.5 Å². The third-order valence-corrected chi connectivity index (χ3v) is 1.52. The smallest absolute Gasteiger partial charge is 0.119 e. The van der Waals surface area contributed by atoms with E-state index >= 15 is 0 Å². The van der Waals surface area contributed by atoms with Crippen LogP contribution in [-0.4, -0.2) is 62.8 Å². The average Bonchev–Trinajstić information content (AvgIpc) is 2.14. The lowest BCUT2D eigenvalue weighted by atomic mass is 10.0. The van der Waals surface area contributed by atoms with Crippen molar-refractivity contribution >= 4 is 6.21 Å². The van der Waals surface area contributed by atoms with Gasteiger partial charge >= 0.3 is 0 Å². The summed E-state index contributed by atoms with van der Waals surface area (Å²) in [6, 6.07) is 0. The highest BCUT2D eigenvalue weighted by Gasteiger charge is 2.28. The summed E-state index contributed by atoms with van der Waals surface area (Å²) < 4.78 is 0. The van der Waals surface area contributed by atoms with Crippen molar-refractivity contribution in [3.05, 3.63) is 0 Å². The minimum absolute atomic E-state index is 0.718. The van der Waals surface area contributed by atoms with Crippen LogP contribution in [0.3, 0.4) is 0 Å². The van der Waals surface area contributed by atoms with Gasteiger partial charge in [0.2, 0.25) is 0 Å². The first-order valence-corrected chi connectivity index (χ1v) is 3.61. The van der Waals surface area contributed by atoms with Crippen LogP contribution in [0.5, 0.6) is 0 Å². The summed E-state index contributed by atoms with van der Waals surface area (Å²) in [5, 5.41) is 47.4. The zero-order valence-corrected chi connectivity index (χ0v) is 6.85. The molecular weight excluding hydrogens is 180 g/mol. The number of hydrogen-bond donors (Lipinski definition) is 6. The number of rotatable bonds is 5. The van der Waals surface area contributed by atoms with Gasteiger partial charge in [0.15, 0.2) is 0 Å². The van der Waals surface area contributed by atoms with E-state index in [1.165, 1.54) is 0 Å². The molecule has 0 spiro atoms. The summed E-state index contributed by atoms with van der Waals surface area (Å²) in [5.41, 5.74) is 0. The van der Waals surface area contributed by atoms with Crippen LogP contribution in [0, 0.1) is 0 Å². The summed E-state index contributed by atoms with van der Waals surface area (Å²) >= 11 is 0. The van der Waals surface area contributed by atoms with Crippen molar-refractivity contribution in [2.24, 2.45) is 10.9 Å². The summed E-state index contributed by atoms with van der Waals surface area (Å²) in [5.74, 6) is 4.68. The van der Waals surface area contributed by atoms with Gasteiger partial charge in [-0.3, -0.25) is 0 Å². The average molecular weight is 194 g/mol. The SMILES string of the molecule is NN=C[C@@H](O)[C@H](O)[C@H](O)[C@H](O)CO. The van der Waals surface area contributed by atoms with Crippen molar-refractivity contribution in [2.45, 2.75) is 24.4 Å². The first-order valence-electron chi connectivity index (χ1n) is 3.61. The van der Waals surface area contributed by atoms with Gasteiger partial charge in [0.05, 0.1) is 12.8 Å². The molecule has 0 aliphatic carbocycles. The highest BCUT2D eigenvalue weighted by atomic mass is 16.4. The van der Waals surface area contributed by atoms with Gasteiger partial charge in [0, 0.05) is 0 Å². The third-order valence-electron chi connectivity index (χ3n) is 1.52. The maximum absolute atomic E-state index is 9.10. The molecule has 0 radical (unpaired) electrons. The highest BCUT2D eigenvalue weighted by Crippen LogP contribution is 2.03. The molecule has 7 heteroatoms. The molecule has 0 fully saturated rings. The second kappa shape index (κ2) is 5.84. The topological polar surface area (TPSA) is 140 Å². The van der Waals surface area contributed by atoms with Crippen LogP contribution in [0.15, 0.2) is 5.10 Å². The molecular formula is C6H14N2O5. The van der Waals surface area contributed by atoms with Gasteiger partial charge in [-0.25, -0.2) is 0 Å². The summed E-state index contributed by atoms with van der Waals surface area (Å²) in [6.07, 6.45) is -5.50. The van der Waals surface area contributed by atoms with E-state index in [-0.39, 0.29) is 0 Å². The molecule has 0 aromatic carbocycles. The first-order chi connectivity index (χ1) is 6.04. The van der Waals surface area contributed by atoms with Crippen molar-refractivity contribution in [1.29, 1.82) is 0 Å². The molecule has 4 atom stereocenters. The Hall–Kier alpha value is -0.730. The Morgan fingerprint density at radius 3 is 2.08 bits per heavy atom. The number of hydrogen-bond acceptors (Lipinski definition) is 7. The fourth-order valence-corrected chi connectivity index (χ4v) is 0.714. The molecule has 0 unspecified atom stereocenters. The Kier molecular flexibility index (Phi) is 5.51. The van der Waals surface area contributed by atoms with Crippen LogP contribution in [0.1, 0.15) is 0 Å². The first kappa shape index (κ1) is 12.3. The van der Waals surface area contributed by atoms with E-state index in [0.717, 1.165) is 6.21 Å². The van der Waals surface area contributed by atoms with Gasteiger partial charge in [-0.05, 0) is 0 Å². The number of nitrogens with zero attached hydrogens (tertiary/aromatic N) is 1. The summed E-state index contributed by atoms with van der Waals surface area (Å²) in [7, 11) is 0. The molecule has 0 bridgehead atoms. The third kappa shape index (κ3) is 3.66. The van der Waals surface area contributed by atoms with Crippen molar-refractivity contribution in [3.63, 3.8) is 0 Å². The highest BCUT2D eigenvalue weighted by molar-refractivity contribution is 5.63. The maximum atomic E-state index is 9.10. The van der Waals surface area contributed by atoms with Gasteiger partial charge in [0.1, 0.15) is 24.4 Å². The van der Waals surface area contributed by atoms with Gasteiger partial charge in [-0.15, -0.1) is 0 Å². The second-order valence-corrected chi connectivity index (χ2v) is 2.52. The molecule has 0 rings (SSSR count). The van der Waals surface area contributed by atoms with Crippen LogP contribution < -0.4 is 5.84 Å². The Morgan fingerprint density at radius 2 is 1.69 bits per heavy atom. The Labute approximate surface area is 74.7 Å². The van der Waals surface area contributed by atoms with Crippen molar-refractivity contribution < 1.29 is 25.5 Å². The monoisotopic (exact) mass is 194 g/mol. The van der Waals surface area contributed by atoms with E-state index in [0.29, 0.717) is 0 Å². The lowest BCUT2D eigenvalue weighted by Gasteiger charge is -2.23. The summed E-state index contributed by atoms with van der Waals surface area (Å²) in [6.45, 7) is -0.718. The lowest BCUT2D eigenvalue weighted by molar-refractivity contribution is -0.0999. The molecule has 0 aromatic heterocycles. The van der Waals surface area contributed by atoms with Gasteiger partial charge < -0.3 is 31.4 Å². The normalized spacial score (nSPS) is 21.3. The fraction of sp³-hybridized carbons (Fsp3) is 0.833. The van der Waals surface area contributed by atoms with E-state index in [1.807, 2.05) is 0 Å². The van der Waals surface area contributed by atoms with E-state index in [1.54, 1.807) is 0 Å². The molecule has 7 N–H and O–H groups in total. The second-order valence-electron chi connectivity index (χ2n) is 2.52. The van der Waals surface area contributed by atoms with Gasteiger partial charge in [-0.1, -0.05) is 0 Å². The standard InChI is InChI=1S/C6H14N2O5/c7-8-1-3(10)5(12)6(13)4(11)2-9/h1,3-6,9-13H,2,7H2/t3-,4-,5+,6-/m1/s1. The Bertz CT molecular complexity index is 165. The zero-order valence-electron chi connectivity index (χ0n) is 6.85. The van der Waals surface area contributed by atoms with Gasteiger partial charge in [0.25, 0.3) is 0 Å². The molecule has 0 heterocycles. The molecule has 0 amide bonds. The quantitative estimate of drug-likeness (QED) is 0.152. The Balaban J connectivity index is 4.15. The molecule has 0 aliphatic rings. The van der Waals surface area contributed by atoms with Crippen LogP contribution >= 0.6 is 0 Å². The molecule has 0 aromatic rings. The molecule has 7 nitrogen and oxygen atoms in total. The molecule has 0 aliphatic heterocycles. The van der Waals surface area contributed by atoms with Crippen LogP contribution in [0.25, 0.3) is 0 Å². The number of nitrogens with two attached hydrogens (primary N) is 1. The predicted octanol–water partition coefficient (Wildman–Crippen LogP) is -3.63. The fourth-order valence-electron chi connectivity index (χ4n) is 0.714. The van der Waals surface area contributed by atoms with Crippen LogP contribution in [-0.2, 0) is 0 Å². The summed E-state index contributed by atoms with van der Waals surface area (Å²) in [4.78, 5) is 0. The van der Waals surface area contributed by atoms with Gasteiger partial charge in [-0.2, -0.15) is 5.10 Å². The van der Waals surface area contributed by atoms with Crippen molar-refractivity contribution in [2.75, 3.05) is 6.61 Å². The van der Waals surface area contributed by atoms with Crippen LogP contribution in [0.2, 0.25) is 0 Å². The van der Waals surface area contributed by atoms with Crippen molar-refractivity contribution in [3.8, 4) is 0 Å². The van der Waals surface area contributed by atoms with E-state index in [2.05, 4.69) is 10.9 Å². The molecule has 0 saturated carbocycles. The van der Waals surface area contributed by atoms with Crippen LogP contribution in [0.4, 0.5) is 0 Å². The molecule has 0 saturated heterocycles. The maximum Gasteiger partial charge on any atom is 0.119 e. The minimum atomic E-state index is -1.65. The number of hydrazone groups is 1. The minimum Gasteiger partial charge on any atom is -0.394 e. The zero-order chi connectivity index (χ0) is 10.4. The lowest BCUT2D eigenvalue weighted by Crippen LogP contribution is -2.46. The number of aliphatic hydroxyl groups is 5. The molecule has 13 heavy (non-hydrogen) atoms. The van der Waals surface area contributed by atoms with Crippen molar-refractivity contribution in [1.82, 2.24) is 0 Å². The van der Waals surface area contributed by atoms with E-state index in [9.17, 15) is 0 Å². The molecule has 78 valence electrons. The van der Waals surface area contributed by atoms with E-state index < -0.39 is 31.0 Å². The number of aliphatic hydroxyl groups excluding tert-OH is 5. The largest absolute Gasteiger partial charge is 0.394 e. The Morgan fingerprint density at radius 1 is 1.15 bits per heavy atom.